The number of halogens is 1. The third-order valence-corrected chi connectivity index (χ3v) is 3.50. The molecule has 20 heavy (non-hydrogen) atoms. The summed E-state index contributed by atoms with van der Waals surface area (Å²) in [5.41, 5.74) is 2.94. The predicted octanol–water partition coefficient (Wildman–Crippen LogP) is 3.32. The summed E-state index contributed by atoms with van der Waals surface area (Å²) in [5, 5.41) is -0.177. The van der Waals surface area contributed by atoms with Gasteiger partial charge in [0.2, 0.25) is 5.88 Å². The van der Waals surface area contributed by atoms with Crippen LogP contribution in [0.1, 0.15) is 22.2 Å². The minimum Gasteiger partial charge on any atom is -0.496 e. The van der Waals surface area contributed by atoms with Crippen LogP contribution in [0.15, 0.2) is 30.6 Å². The summed E-state index contributed by atoms with van der Waals surface area (Å²) < 4.78 is 10.4. The molecule has 0 spiro atoms. The van der Waals surface area contributed by atoms with Crippen LogP contribution in [0.4, 0.5) is 0 Å². The van der Waals surface area contributed by atoms with Crippen LogP contribution >= 0.6 is 11.6 Å². The first-order valence-corrected chi connectivity index (χ1v) is 6.71. The van der Waals surface area contributed by atoms with Crippen LogP contribution in [-0.4, -0.2) is 24.2 Å². The number of aryl methyl sites for hydroxylation is 1. The highest BCUT2D eigenvalue weighted by Crippen LogP contribution is 2.29. The van der Waals surface area contributed by atoms with Crippen LogP contribution < -0.4 is 9.47 Å². The monoisotopic (exact) mass is 292 g/mol. The van der Waals surface area contributed by atoms with Crippen LogP contribution in [0.3, 0.4) is 0 Å². The van der Waals surface area contributed by atoms with Crippen molar-refractivity contribution in [3.05, 3.63) is 47.4 Å². The van der Waals surface area contributed by atoms with Crippen molar-refractivity contribution in [3.8, 4) is 11.6 Å². The molecule has 0 aliphatic heterocycles. The van der Waals surface area contributed by atoms with Gasteiger partial charge in [-0.25, -0.2) is 9.97 Å². The fraction of sp³-hybridized carbons (Fsp3) is 0.333. The molecule has 0 radical (unpaired) electrons. The molecular formula is C15H17ClN2O2. The summed E-state index contributed by atoms with van der Waals surface area (Å²) in [6.07, 6.45) is 2.08. The third-order valence-electron chi connectivity index (χ3n) is 3.09. The number of alkyl halides is 1. The van der Waals surface area contributed by atoms with Crippen molar-refractivity contribution in [3.63, 3.8) is 0 Å². The van der Waals surface area contributed by atoms with E-state index >= 15 is 0 Å². The Morgan fingerprint density at radius 1 is 1.15 bits per heavy atom. The maximum Gasteiger partial charge on any atom is 0.216 e. The highest BCUT2D eigenvalue weighted by atomic mass is 35.5. The molecule has 0 saturated carbocycles. The van der Waals surface area contributed by atoms with Crippen LogP contribution in [0.2, 0.25) is 0 Å². The molecular weight excluding hydrogens is 276 g/mol. The lowest BCUT2D eigenvalue weighted by atomic mass is 10.0. The number of nitrogens with zero attached hydrogens (tertiary/aromatic N) is 2. The van der Waals surface area contributed by atoms with Crippen molar-refractivity contribution >= 4 is 11.6 Å². The second kappa shape index (κ2) is 6.57. The van der Waals surface area contributed by atoms with E-state index in [-0.39, 0.29) is 5.38 Å². The number of ether oxygens (including phenoxy) is 2. The molecule has 0 N–H and O–H groups in total. The van der Waals surface area contributed by atoms with Gasteiger partial charge in [-0.05, 0) is 24.1 Å². The van der Waals surface area contributed by atoms with E-state index in [2.05, 4.69) is 9.97 Å². The van der Waals surface area contributed by atoms with E-state index in [0.717, 1.165) is 22.6 Å². The molecule has 1 unspecified atom stereocenters. The zero-order chi connectivity index (χ0) is 14.5. The average Bonchev–Trinajstić information content (AvgIpc) is 2.47. The van der Waals surface area contributed by atoms with Crippen molar-refractivity contribution in [1.82, 2.24) is 9.97 Å². The zero-order valence-corrected chi connectivity index (χ0v) is 12.5. The topological polar surface area (TPSA) is 44.2 Å². The molecule has 106 valence electrons. The second-order valence-electron chi connectivity index (χ2n) is 4.45. The van der Waals surface area contributed by atoms with E-state index in [1.165, 1.54) is 6.33 Å². The standard InChI is InChI=1S/C15H17ClN2O2/c1-10-4-5-11(6-14(10)19-2)13(16)7-12-8-15(20-3)18-9-17-12/h4-6,8-9,13H,7H2,1-3H3. The first-order valence-electron chi connectivity index (χ1n) is 6.27. The number of methoxy groups -OCH3 is 2. The number of benzene rings is 1. The van der Waals surface area contributed by atoms with Crippen LogP contribution in [0.25, 0.3) is 0 Å². The number of hydrogen-bond donors (Lipinski definition) is 0. The molecule has 0 bridgehead atoms. The van der Waals surface area contributed by atoms with Crippen molar-refractivity contribution in [2.75, 3.05) is 14.2 Å². The molecule has 0 amide bonds. The second-order valence-corrected chi connectivity index (χ2v) is 4.98. The fourth-order valence-electron chi connectivity index (χ4n) is 1.93. The Morgan fingerprint density at radius 3 is 2.65 bits per heavy atom. The van der Waals surface area contributed by atoms with E-state index in [1.54, 1.807) is 20.3 Å². The van der Waals surface area contributed by atoms with Crippen LogP contribution in [-0.2, 0) is 6.42 Å². The van der Waals surface area contributed by atoms with E-state index in [0.29, 0.717) is 12.3 Å². The smallest absolute Gasteiger partial charge is 0.216 e. The molecule has 0 saturated heterocycles. The van der Waals surface area contributed by atoms with Gasteiger partial charge < -0.3 is 9.47 Å². The van der Waals surface area contributed by atoms with Gasteiger partial charge in [0.05, 0.1) is 19.6 Å². The highest BCUT2D eigenvalue weighted by Gasteiger charge is 2.12. The Balaban J connectivity index is 2.16. The van der Waals surface area contributed by atoms with Crippen molar-refractivity contribution < 1.29 is 9.47 Å². The summed E-state index contributed by atoms with van der Waals surface area (Å²) >= 11 is 6.46. The molecule has 0 aliphatic rings. The highest BCUT2D eigenvalue weighted by molar-refractivity contribution is 6.20. The van der Waals surface area contributed by atoms with E-state index in [9.17, 15) is 0 Å². The van der Waals surface area contributed by atoms with Gasteiger partial charge in [-0.3, -0.25) is 0 Å². The summed E-state index contributed by atoms with van der Waals surface area (Å²) in [7, 11) is 3.24. The molecule has 1 atom stereocenters. The van der Waals surface area contributed by atoms with Crippen LogP contribution in [0.5, 0.6) is 11.6 Å². The van der Waals surface area contributed by atoms with E-state index in [4.69, 9.17) is 21.1 Å². The largest absolute Gasteiger partial charge is 0.496 e. The van der Waals surface area contributed by atoms with Gasteiger partial charge in [0.1, 0.15) is 12.1 Å². The number of hydrogen-bond acceptors (Lipinski definition) is 4. The molecule has 1 heterocycles. The van der Waals surface area contributed by atoms with Crippen molar-refractivity contribution in [2.24, 2.45) is 0 Å². The zero-order valence-electron chi connectivity index (χ0n) is 11.8. The molecule has 4 nitrogen and oxygen atoms in total. The van der Waals surface area contributed by atoms with Gasteiger partial charge in [-0.1, -0.05) is 12.1 Å². The van der Waals surface area contributed by atoms with Crippen molar-refractivity contribution in [1.29, 1.82) is 0 Å². The summed E-state index contributed by atoms with van der Waals surface area (Å²) in [4.78, 5) is 8.19. The molecule has 1 aromatic heterocycles. The Kier molecular flexibility index (Phi) is 4.79. The fourth-order valence-corrected chi connectivity index (χ4v) is 2.23. The Morgan fingerprint density at radius 2 is 1.95 bits per heavy atom. The molecule has 1 aromatic carbocycles. The van der Waals surface area contributed by atoms with Gasteiger partial charge in [-0.2, -0.15) is 0 Å². The van der Waals surface area contributed by atoms with E-state index in [1.807, 2.05) is 25.1 Å². The number of aromatic nitrogens is 2. The lowest BCUT2D eigenvalue weighted by Crippen LogP contribution is -2.01. The maximum atomic E-state index is 6.46. The van der Waals surface area contributed by atoms with Gasteiger partial charge in [0.15, 0.2) is 0 Å². The van der Waals surface area contributed by atoms with Gasteiger partial charge in [0, 0.05) is 18.2 Å². The first kappa shape index (κ1) is 14.6. The lowest BCUT2D eigenvalue weighted by Gasteiger charge is -2.12. The lowest BCUT2D eigenvalue weighted by molar-refractivity contribution is 0.396. The summed E-state index contributed by atoms with van der Waals surface area (Å²) in [6.45, 7) is 2.00. The molecule has 2 aromatic rings. The average molecular weight is 293 g/mol. The van der Waals surface area contributed by atoms with Gasteiger partial charge >= 0.3 is 0 Å². The minimum atomic E-state index is -0.177. The quantitative estimate of drug-likeness (QED) is 0.793. The molecule has 5 heteroatoms. The molecule has 0 aliphatic carbocycles. The third kappa shape index (κ3) is 3.39. The predicted molar refractivity (Wildman–Crippen MR) is 78.6 cm³/mol. The van der Waals surface area contributed by atoms with Crippen LogP contribution in [0, 0.1) is 6.92 Å². The minimum absolute atomic E-state index is 0.177. The molecule has 0 fully saturated rings. The van der Waals surface area contributed by atoms with Crippen molar-refractivity contribution in [2.45, 2.75) is 18.7 Å². The SMILES string of the molecule is COc1cc(CC(Cl)c2ccc(C)c(OC)c2)ncn1. The first-order chi connectivity index (χ1) is 9.63. The van der Waals surface area contributed by atoms with Gasteiger partial charge in [-0.15, -0.1) is 11.6 Å². The number of rotatable bonds is 5. The summed E-state index contributed by atoms with van der Waals surface area (Å²) in [6, 6.07) is 7.77. The van der Waals surface area contributed by atoms with Gasteiger partial charge in [0.25, 0.3) is 0 Å². The molecule has 2 rings (SSSR count). The maximum absolute atomic E-state index is 6.46. The summed E-state index contributed by atoms with van der Waals surface area (Å²) in [5.74, 6) is 1.38. The Hall–Kier alpha value is -1.81. The van der Waals surface area contributed by atoms with E-state index < -0.39 is 0 Å². The Bertz CT molecular complexity index is 590. The normalized spacial score (nSPS) is 12.0. The Labute approximate surface area is 123 Å².